The SMILES string of the molecule is CCCCC(CC)C(=O)O.[Co].[Co]. The van der Waals surface area contributed by atoms with Crippen molar-refractivity contribution < 1.29 is 43.5 Å². The van der Waals surface area contributed by atoms with Crippen molar-refractivity contribution in [1.82, 2.24) is 0 Å². The molecule has 1 N–H and O–H groups in total. The van der Waals surface area contributed by atoms with Crippen LogP contribution < -0.4 is 0 Å². The molecule has 0 aromatic rings. The Morgan fingerprint density at radius 3 is 2.08 bits per heavy atom. The van der Waals surface area contributed by atoms with Crippen LogP contribution >= 0.6 is 0 Å². The average Bonchev–Trinajstić information content (AvgIpc) is 1.89. The summed E-state index contributed by atoms with van der Waals surface area (Å²) in [5.41, 5.74) is 0. The molecule has 0 spiro atoms. The first-order chi connectivity index (χ1) is 4.72. The minimum absolute atomic E-state index is 0. The van der Waals surface area contributed by atoms with E-state index in [4.69, 9.17) is 5.11 Å². The van der Waals surface area contributed by atoms with Crippen LogP contribution in [0.3, 0.4) is 0 Å². The van der Waals surface area contributed by atoms with Gasteiger partial charge in [0.15, 0.2) is 0 Å². The Bertz CT molecular complexity index is 107. The third kappa shape index (κ3) is 8.58. The third-order valence-electron chi connectivity index (χ3n) is 1.75. The molecule has 0 bridgehead atoms. The van der Waals surface area contributed by atoms with Crippen LogP contribution in [0.1, 0.15) is 39.5 Å². The quantitative estimate of drug-likeness (QED) is 0.825. The van der Waals surface area contributed by atoms with Crippen molar-refractivity contribution in [3.8, 4) is 0 Å². The molecule has 4 heteroatoms. The molecule has 0 aliphatic carbocycles. The van der Waals surface area contributed by atoms with Crippen molar-refractivity contribution in [3.05, 3.63) is 0 Å². The molecule has 0 aromatic heterocycles. The molecule has 0 heterocycles. The summed E-state index contributed by atoms with van der Waals surface area (Å²) in [6, 6.07) is 0. The number of hydrogen-bond donors (Lipinski definition) is 1. The second kappa shape index (κ2) is 11.5. The van der Waals surface area contributed by atoms with Gasteiger partial charge in [-0.15, -0.1) is 0 Å². The van der Waals surface area contributed by atoms with Gasteiger partial charge in [-0.1, -0.05) is 26.7 Å². The van der Waals surface area contributed by atoms with Crippen molar-refractivity contribution in [2.24, 2.45) is 5.92 Å². The number of carbonyl (C=O) groups is 1. The van der Waals surface area contributed by atoms with Crippen molar-refractivity contribution in [2.45, 2.75) is 39.5 Å². The van der Waals surface area contributed by atoms with Crippen molar-refractivity contribution in [1.29, 1.82) is 0 Å². The molecular formula is C8H16Co2O2. The van der Waals surface area contributed by atoms with Gasteiger partial charge in [0.2, 0.25) is 0 Å². The number of carboxylic acids is 1. The molecule has 1 unspecified atom stereocenters. The number of hydrogen-bond acceptors (Lipinski definition) is 1. The van der Waals surface area contributed by atoms with E-state index in [1.54, 1.807) is 0 Å². The Hall–Kier alpha value is 0.483. The normalized spacial score (nSPS) is 10.8. The topological polar surface area (TPSA) is 37.3 Å². The van der Waals surface area contributed by atoms with Crippen LogP contribution in [-0.2, 0) is 38.4 Å². The van der Waals surface area contributed by atoms with Gasteiger partial charge in [-0.25, -0.2) is 0 Å². The number of aliphatic carboxylic acids is 1. The minimum atomic E-state index is -0.643. The van der Waals surface area contributed by atoms with Gasteiger partial charge in [-0.3, -0.25) is 4.79 Å². The molecule has 0 fully saturated rings. The molecule has 0 aliphatic rings. The predicted octanol–water partition coefficient (Wildman–Crippen LogP) is 2.28. The smallest absolute Gasteiger partial charge is 0.306 e. The van der Waals surface area contributed by atoms with Crippen LogP contribution in [0.4, 0.5) is 0 Å². The standard InChI is InChI=1S/C8H16O2.2Co/c1-3-5-6-7(4-2)8(9)10;;/h7H,3-6H2,1-2H3,(H,9,10);;. The zero-order chi connectivity index (χ0) is 7.98. The maximum absolute atomic E-state index is 10.4. The van der Waals surface area contributed by atoms with E-state index < -0.39 is 5.97 Å². The summed E-state index contributed by atoms with van der Waals surface area (Å²) >= 11 is 0. The molecule has 1 atom stereocenters. The van der Waals surface area contributed by atoms with Gasteiger partial charge < -0.3 is 5.11 Å². The summed E-state index contributed by atoms with van der Waals surface area (Å²) in [7, 11) is 0. The first kappa shape index (κ1) is 18.3. The van der Waals surface area contributed by atoms with E-state index in [2.05, 4.69) is 6.92 Å². The maximum Gasteiger partial charge on any atom is 0.306 e. The van der Waals surface area contributed by atoms with Gasteiger partial charge in [-0.2, -0.15) is 0 Å². The predicted molar refractivity (Wildman–Crippen MR) is 40.9 cm³/mol. The summed E-state index contributed by atoms with van der Waals surface area (Å²) < 4.78 is 0. The zero-order valence-electron chi connectivity index (χ0n) is 7.43. The van der Waals surface area contributed by atoms with E-state index in [1.165, 1.54) is 0 Å². The first-order valence-corrected chi connectivity index (χ1v) is 3.95. The van der Waals surface area contributed by atoms with E-state index in [0.29, 0.717) is 0 Å². The second-order valence-electron chi connectivity index (χ2n) is 2.59. The molecule has 2 radical (unpaired) electrons. The van der Waals surface area contributed by atoms with Crippen LogP contribution in [0.2, 0.25) is 0 Å². The van der Waals surface area contributed by atoms with Crippen molar-refractivity contribution >= 4 is 5.97 Å². The monoisotopic (exact) mass is 262 g/mol. The number of unbranched alkanes of at least 4 members (excludes halogenated alkanes) is 1. The summed E-state index contributed by atoms with van der Waals surface area (Å²) in [5, 5.41) is 8.60. The van der Waals surface area contributed by atoms with Crippen LogP contribution in [0.25, 0.3) is 0 Å². The number of carboxylic acid groups (broad SMARTS) is 1. The molecule has 2 nitrogen and oxygen atoms in total. The zero-order valence-corrected chi connectivity index (χ0v) is 9.51. The first-order valence-electron chi connectivity index (χ1n) is 3.95. The minimum Gasteiger partial charge on any atom is -0.481 e. The summed E-state index contributed by atoms with van der Waals surface area (Å²) in [6.07, 6.45) is 3.71. The maximum atomic E-state index is 10.4. The van der Waals surface area contributed by atoms with Crippen molar-refractivity contribution in [3.63, 3.8) is 0 Å². The Labute approximate surface area is 94.9 Å². The summed E-state index contributed by atoms with van der Waals surface area (Å²) in [5.74, 6) is -0.754. The molecule has 0 amide bonds. The number of rotatable bonds is 5. The fourth-order valence-electron chi connectivity index (χ4n) is 0.953. The molecule has 12 heavy (non-hydrogen) atoms. The van der Waals surface area contributed by atoms with E-state index in [0.717, 1.165) is 25.7 Å². The molecule has 0 aliphatic heterocycles. The largest absolute Gasteiger partial charge is 0.481 e. The van der Waals surface area contributed by atoms with Crippen LogP contribution in [0.15, 0.2) is 0 Å². The van der Waals surface area contributed by atoms with Crippen LogP contribution in [-0.4, -0.2) is 11.1 Å². The fourth-order valence-corrected chi connectivity index (χ4v) is 0.953. The molecule has 0 rings (SSSR count). The summed E-state index contributed by atoms with van der Waals surface area (Å²) in [4.78, 5) is 10.4. The molecule has 78 valence electrons. The van der Waals surface area contributed by atoms with Crippen LogP contribution in [0, 0.1) is 5.92 Å². The fraction of sp³-hybridized carbons (Fsp3) is 0.875. The van der Waals surface area contributed by atoms with Gasteiger partial charge >= 0.3 is 5.97 Å². The Morgan fingerprint density at radius 1 is 1.33 bits per heavy atom. The van der Waals surface area contributed by atoms with E-state index in [9.17, 15) is 4.79 Å². The third-order valence-corrected chi connectivity index (χ3v) is 1.75. The van der Waals surface area contributed by atoms with Gasteiger partial charge in [0.1, 0.15) is 0 Å². The van der Waals surface area contributed by atoms with Gasteiger partial charge in [0, 0.05) is 33.6 Å². The van der Waals surface area contributed by atoms with Crippen molar-refractivity contribution in [2.75, 3.05) is 0 Å². The van der Waals surface area contributed by atoms with E-state index in [-0.39, 0.29) is 39.5 Å². The van der Waals surface area contributed by atoms with Gasteiger partial charge in [0.05, 0.1) is 5.92 Å². The van der Waals surface area contributed by atoms with E-state index >= 15 is 0 Å². The van der Waals surface area contributed by atoms with Gasteiger partial charge in [-0.05, 0) is 12.8 Å². The van der Waals surface area contributed by atoms with Gasteiger partial charge in [0.25, 0.3) is 0 Å². The molecule has 0 saturated carbocycles. The molecular weight excluding hydrogens is 246 g/mol. The Morgan fingerprint density at radius 2 is 1.83 bits per heavy atom. The van der Waals surface area contributed by atoms with Crippen LogP contribution in [0.5, 0.6) is 0 Å². The Balaban J connectivity index is -0.000000405. The average molecular weight is 262 g/mol. The summed E-state index contributed by atoms with van der Waals surface area (Å²) in [6.45, 7) is 4.00. The molecule has 0 saturated heterocycles. The second-order valence-corrected chi connectivity index (χ2v) is 2.59. The Kier molecular flexibility index (Phi) is 17.5. The molecule has 0 aromatic carbocycles. The van der Waals surface area contributed by atoms with E-state index in [1.807, 2.05) is 6.92 Å².